The first kappa shape index (κ1) is 12.9. The molecule has 2 heterocycles. The lowest BCUT2D eigenvalue weighted by molar-refractivity contribution is 0.289. The Bertz CT molecular complexity index is 634. The number of rotatable bonds is 3. The highest BCUT2D eigenvalue weighted by Gasteiger charge is 2.18. The fourth-order valence-electron chi connectivity index (χ4n) is 3.15. The number of hydrogen-bond acceptors (Lipinski definition) is 2. The number of aryl methyl sites for hydroxylation is 1. The summed E-state index contributed by atoms with van der Waals surface area (Å²) >= 11 is 5.52. The number of nitrogens with one attached hydrogen (secondary N) is 1. The topological polar surface area (TPSA) is 24.0 Å². The Kier molecular flexibility index (Phi) is 3.46. The lowest BCUT2D eigenvalue weighted by Crippen LogP contribution is -2.27. The van der Waals surface area contributed by atoms with Gasteiger partial charge in [-0.2, -0.15) is 0 Å². The van der Waals surface area contributed by atoms with Crippen molar-refractivity contribution in [2.45, 2.75) is 32.7 Å². The maximum absolute atomic E-state index is 5.52. The molecule has 0 radical (unpaired) electrons. The van der Waals surface area contributed by atoms with E-state index >= 15 is 0 Å². The van der Waals surface area contributed by atoms with E-state index in [9.17, 15) is 0 Å². The molecule has 0 aliphatic carbocycles. The molecule has 1 saturated heterocycles. The quantitative estimate of drug-likeness (QED) is 0.864. The number of fused-ring (bicyclic) bond motifs is 1. The minimum atomic E-state index is 0.418. The summed E-state index contributed by atoms with van der Waals surface area (Å²) in [4.78, 5) is 5.90. The summed E-state index contributed by atoms with van der Waals surface area (Å²) in [5.74, 6) is 0. The SMILES string of the molecule is Cc1cccc2c1[nH]c(=S)n2C(C)CN1CCCC1. The van der Waals surface area contributed by atoms with Crippen LogP contribution < -0.4 is 0 Å². The fourth-order valence-corrected chi connectivity index (χ4v) is 3.53. The van der Waals surface area contributed by atoms with Crippen molar-refractivity contribution in [1.29, 1.82) is 0 Å². The Labute approximate surface area is 119 Å². The second-order valence-electron chi connectivity index (χ2n) is 5.63. The van der Waals surface area contributed by atoms with E-state index < -0.39 is 0 Å². The van der Waals surface area contributed by atoms with E-state index in [2.05, 4.69) is 46.5 Å². The zero-order valence-corrected chi connectivity index (χ0v) is 12.5. The monoisotopic (exact) mass is 275 g/mol. The Morgan fingerprint density at radius 3 is 2.79 bits per heavy atom. The van der Waals surface area contributed by atoms with Crippen molar-refractivity contribution in [3.63, 3.8) is 0 Å². The molecule has 1 unspecified atom stereocenters. The van der Waals surface area contributed by atoms with E-state index in [-0.39, 0.29) is 0 Å². The molecule has 1 aliphatic heterocycles. The van der Waals surface area contributed by atoms with Crippen LogP contribution in [0, 0.1) is 11.7 Å². The number of aromatic nitrogens is 2. The van der Waals surface area contributed by atoms with Crippen molar-refractivity contribution in [3.05, 3.63) is 28.5 Å². The van der Waals surface area contributed by atoms with Crippen LogP contribution in [0.25, 0.3) is 11.0 Å². The summed E-state index contributed by atoms with van der Waals surface area (Å²) in [6.45, 7) is 7.96. The summed E-state index contributed by atoms with van der Waals surface area (Å²) in [5, 5.41) is 0. The molecule has 0 spiro atoms. The first-order chi connectivity index (χ1) is 9.16. The van der Waals surface area contributed by atoms with Crippen LogP contribution in [-0.2, 0) is 0 Å². The molecule has 2 aromatic rings. The van der Waals surface area contributed by atoms with Gasteiger partial charge in [0.25, 0.3) is 0 Å². The van der Waals surface area contributed by atoms with Gasteiger partial charge in [0.2, 0.25) is 0 Å². The van der Waals surface area contributed by atoms with Crippen LogP contribution in [0.5, 0.6) is 0 Å². The van der Waals surface area contributed by atoms with Gasteiger partial charge in [0.15, 0.2) is 4.77 Å². The average Bonchev–Trinajstić information content (AvgIpc) is 2.96. The highest BCUT2D eigenvalue weighted by molar-refractivity contribution is 7.71. The Hall–Kier alpha value is -1.13. The van der Waals surface area contributed by atoms with E-state index in [4.69, 9.17) is 12.2 Å². The van der Waals surface area contributed by atoms with Crippen LogP contribution in [-0.4, -0.2) is 34.1 Å². The van der Waals surface area contributed by atoms with E-state index in [0.29, 0.717) is 6.04 Å². The second-order valence-corrected chi connectivity index (χ2v) is 6.01. The van der Waals surface area contributed by atoms with Gasteiger partial charge in [0, 0.05) is 12.6 Å². The minimum absolute atomic E-state index is 0.418. The Morgan fingerprint density at radius 1 is 1.32 bits per heavy atom. The highest BCUT2D eigenvalue weighted by atomic mass is 32.1. The van der Waals surface area contributed by atoms with Crippen LogP contribution in [0.1, 0.15) is 31.4 Å². The standard InChI is InChI=1S/C15H21N3S/c1-11-6-5-7-13-14(11)16-15(19)18(13)12(2)10-17-8-3-4-9-17/h5-7,12H,3-4,8-10H2,1-2H3,(H,16,19). The van der Waals surface area contributed by atoms with Gasteiger partial charge in [-0.05, 0) is 63.6 Å². The molecule has 1 aliphatic rings. The number of H-pyrrole nitrogens is 1. The number of likely N-dealkylation sites (tertiary alicyclic amines) is 1. The fraction of sp³-hybridized carbons (Fsp3) is 0.533. The van der Waals surface area contributed by atoms with Gasteiger partial charge < -0.3 is 14.5 Å². The minimum Gasteiger partial charge on any atom is -0.330 e. The van der Waals surface area contributed by atoms with Gasteiger partial charge in [-0.15, -0.1) is 0 Å². The number of aromatic amines is 1. The Balaban J connectivity index is 1.97. The van der Waals surface area contributed by atoms with Gasteiger partial charge in [0.05, 0.1) is 11.0 Å². The smallest absolute Gasteiger partial charge is 0.178 e. The van der Waals surface area contributed by atoms with Crippen molar-refractivity contribution in [2.24, 2.45) is 0 Å². The maximum Gasteiger partial charge on any atom is 0.178 e. The molecule has 0 bridgehead atoms. The summed E-state index contributed by atoms with van der Waals surface area (Å²) in [6.07, 6.45) is 2.68. The Morgan fingerprint density at radius 2 is 2.05 bits per heavy atom. The summed E-state index contributed by atoms with van der Waals surface area (Å²) in [5.41, 5.74) is 3.67. The molecule has 4 heteroatoms. The molecule has 1 N–H and O–H groups in total. The lowest BCUT2D eigenvalue weighted by atomic mass is 10.2. The van der Waals surface area contributed by atoms with Crippen molar-refractivity contribution in [2.75, 3.05) is 19.6 Å². The first-order valence-electron chi connectivity index (χ1n) is 7.09. The van der Waals surface area contributed by atoms with Crippen molar-refractivity contribution in [3.8, 4) is 0 Å². The predicted molar refractivity (Wildman–Crippen MR) is 82.2 cm³/mol. The normalized spacial score (nSPS) is 18.2. The molecule has 0 amide bonds. The molecule has 0 saturated carbocycles. The van der Waals surface area contributed by atoms with Crippen LogP contribution in [0.3, 0.4) is 0 Å². The number of nitrogens with zero attached hydrogens (tertiary/aromatic N) is 2. The van der Waals surface area contributed by atoms with Crippen LogP contribution >= 0.6 is 12.2 Å². The van der Waals surface area contributed by atoms with Crippen molar-refractivity contribution >= 4 is 23.3 Å². The van der Waals surface area contributed by atoms with Gasteiger partial charge in [-0.1, -0.05) is 12.1 Å². The largest absolute Gasteiger partial charge is 0.330 e. The van der Waals surface area contributed by atoms with Gasteiger partial charge in [0.1, 0.15) is 0 Å². The number of imidazole rings is 1. The van der Waals surface area contributed by atoms with Crippen molar-refractivity contribution < 1.29 is 0 Å². The van der Waals surface area contributed by atoms with E-state index in [1.54, 1.807) is 0 Å². The molecule has 1 atom stereocenters. The molecule has 3 rings (SSSR count). The molecule has 102 valence electrons. The molecule has 1 fully saturated rings. The van der Waals surface area contributed by atoms with E-state index in [1.807, 2.05) is 0 Å². The maximum atomic E-state index is 5.52. The van der Waals surface area contributed by atoms with Crippen molar-refractivity contribution in [1.82, 2.24) is 14.5 Å². The average molecular weight is 275 g/mol. The van der Waals surface area contributed by atoms with Crippen LogP contribution in [0.4, 0.5) is 0 Å². The van der Waals surface area contributed by atoms with Gasteiger partial charge >= 0.3 is 0 Å². The summed E-state index contributed by atoms with van der Waals surface area (Å²) in [6, 6.07) is 6.82. The predicted octanol–water partition coefficient (Wildman–Crippen LogP) is 3.66. The van der Waals surface area contributed by atoms with Crippen LogP contribution in [0.15, 0.2) is 18.2 Å². The van der Waals surface area contributed by atoms with Gasteiger partial charge in [-0.3, -0.25) is 0 Å². The molecule has 19 heavy (non-hydrogen) atoms. The zero-order valence-electron chi connectivity index (χ0n) is 11.6. The molecular weight excluding hydrogens is 254 g/mol. The van der Waals surface area contributed by atoms with Gasteiger partial charge in [-0.25, -0.2) is 0 Å². The summed E-state index contributed by atoms with van der Waals surface area (Å²) < 4.78 is 3.12. The third-order valence-corrected chi connectivity index (χ3v) is 4.42. The summed E-state index contributed by atoms with van der Waals surface area (Å²) in [7, 11) is 0. The zero-order chi connectivity index (χ0) is 13.4. The highest BCUT2D eigenvalue weighted by Crippen LogP contribution is 2.23. The molecule has 1 aromatic heterocycles. The molecule has 3 nitrogen and oxygen atoms in total. The third kappa shape index (κ3) is 2.35. The third-order valence-electron chi connectivity index (χ3n) is 4.12. The lowest BCUT2D eigenvalue weighted by Gasteiger charge is -2.22. The number of para-hydroxylation sites is 1. The van der Waals surface area contributed by atoms with E-state index in [0.717, 1.165) is 11.3 Å². The van der Waals surface area contributed by atoms with E-state index in [1.165, 1.54) is 42.5 Å². The number of hydrogen-bond donors (Lipinski definition) is 1. The number of benzene rings is 1. The second kappa shape index (κ2) is 5.10. The first-order valence-corrected chi connectivity index (χ1v) is 7.50. The molecule has 1 aromatic carbocycles. The molecular formula is C15H21N3S. The van der Waals surface area contributed by atoms with Crippen LogP contribution in [0.2, 0.25) is 0 Å².